The standard InChI is InChI=1S/C16H14BrN5O4S/c1-11-3-5-14(22(23)24)7-15(11)27(25,26)20(2)18-8-13-10-21-9-12(17)4-6-16(21)19-13/h3-10H,1-2H3/b18-8-. The average Bonchev–Trinajstić information content (AvgIpc) is 3.01. The van der Waals surface area contributed by atoms with Crippen molar-refractivity contribution in [2.45, 2.75) is 11.8 Å². The highest BCUT2D eigenvalue weighted by atomic mass is 79.9. The molecule has 0 aliphatic carbocycles. The number of halogens is 1. The molecule has 3 rings (SSSR count). The molecule has 0 amide bonds. The molecule has 0 aliphatic heterocycles. The molecular weight excluding hydrogens is 438 g/mol. The van der Waals surface area contributed by atoms with E-state index >= 15 is 0 Å². The highest BCUT2D eigenvalue weighted by Gasteiger charge is 2.24. The third kappa shape index (κ3) is 3.83. The molecule has 0 fully saturated rings. The minimum atomic E-state index is -4.04. The number of aryl methyl sites for hydroxylation is 1. The molecule has 27 heavy (non-hydrogen) atoms. The smallest absolute Gasteiger partial charge is 0.279 e. The number of hydrogen-bond donors (Lipinski definition) is 0. The quantitative estimate of drug-likeness (QED) is 0.336. The highest BCUT2D eigenvalue weighted by Crippen LogP contribution is 2.24. The van der Waals surface area contributed by atoms with Gasteiger partial charge >= 0.3 is 0 Å². The van der Waals surface area contributed by atoms with Crippen molar-refractivity contribution in [2.75, 3.05) is 7.05 Å². The van der Waals surface area contributed by atoms with Crippen LogP contribution in [0.3, 0.4) is 0 Å². The van der Waals surface area contributed by atoms with Crippen LogP contribution in [0.15, 0.2) is 57.2 Å². The fourth-order valence-electron chi connectivity index (χ4n) is 2.37. The van der Waals surface area contributed by atoms with Crippen LogP contribution in [0, 0.1) is 17.0 Å². The van der Waals surface area contributed by atoms with E-state index in [1.807, 2.05) is 12.3 Å². The summed E-state index contributed by atoms with van der Waals surface area (Å²) in [6.45, 7) is 1.56. The van der Waals surface area contributed by atoms with Crippen LogP contribution < -0.4 is 0 Å². The van der Waals surface area contributed by atoms with Gasteiger partial charge in [-0.3, -0.25) is 10.1 Å². The SMILES string of the molecule is Cc1ccc([N+](=O)[O-])cc1S(=O)(=O)N(C)/N=C\c1cn2cc(Br)ccc2n1. The Morgan fingerprint density at radius 3 is 2.74 bits per heavy atom. The van der Waals surface area contributed by atoms with E-state index in [0.29, 0.717) is 16.9 Å². The summed E-state index contributed by atoms with van der Waals surface area (Å²) in [4.78, 5) is 14.4. The summed E-state index contributed by atoms with van der Waals surface area (Å²) >= 11 is 3.36. The van der Waals surface area contributed by atoms with Gasteiger partial charge in [-0.1, -0.05) is 6.07 Å². The topological polar surface area (TPSA) is 110 Å². The number of benzene rings is 1. The first-order valence-electron chi connectivity index (χ1n) is 7.61. The zero-order chi connectivity index (χ0) is 19.8. The second-order valence-corrected chi connectivity index (χ2v) is 8.50. The summed E-state index contributed by atoms with van der Waals surface area (Å²) in [6.07, 6.45) is 4.82. The summed E-state index contributed by atoms with van der Waals surface area (Å²) in [7, 11) is -2.78. The van der Waals surface area contributed by atoms with Crippen LogP contribution >= 0.6 is 15.9 Å². The van der Waals surface area contributed by atoms with Crippen LogP contribution in [0.4, 0.5) is 5.69 Å². The highest BCUT2D eigenvalue weighted by molar-refractivity contribution is 9.10. The van der Waals surface area contributed by atoms with Crippen molar-refractivity contribution in [2.24, 2.45) is 5.10 Å². The number of hydrazone groups is 1. The first-order valence-corrected chi connectivity index (χ1v) is 9.84. The van der Waals surface area contributed by atoms with Gasteiger partial charge in [0.2, 0.25) is 0 Å². The van der Waals surface area contributed by atoms with E-state index in [-0.39, 0.29) is 10.6 Å². The van der Waals surface area contributed by atoms with Crippen LogP contribution in [0.25, 0.3) is 5.65 Å². The van der Waals surface area contributed by atoms with E-state index in [1.54, 1.807) is 23.6 Å². The van der Waals surface area contributed by atoms with Gasteiger partial charge in [0.1, 0.15) is 11.3 Å². The lowest BCUT2D eigenvalue weighted by atomic mass is 10.2. The van der Waals surface area contributed by atoms with Gasteiger partial charge in [-0.25, -0.2) is 4.98 Å². The largest absolute Gasteiger partial charge is 0.305 e. The van der Waals surface area contributed by atoms with E-state index < -0.39 is 14.9 Å². The predicted octanol–water partition coefficient (Wildman–Crippen LogP) is 2.97. The summed E-state index contributed by atoms with van der Waals surface area (Å²) in [5, 5.41) is 14.9. The van der Waals surface area contributed by atoms with Crippen molar-refractivity contribution in [3.05, 3.63) is 68.6 Å². The van der Waals surface area contributed by atoms with Gasteiger partial charge in [0, 0.05) is 36.0 Å². The van der Waals surface area contributed by atoms with E-state index in [0.717, 1.165) is 15.0 Å². The molecule has 0 saturated heterocycles. The average molecular weight is 452 g/mol. The Kier molecular flexibility index (Phi) is 4.98. The maximum absolute atomic E-state index is 12.7. The van der Waals surface area contributed by atoms with Gasteiger partial charge in [0.25, 0.3) is 15.7 Å². The number of nitro groups is 1. The second-order valence-electron chi connectivity index (χ2n) is 5.67. The normalized spacial score (nSPS) is 12.0. The summed E-state index contributed by atoms with van der Waals surface area (Å²) < 4.78 is 28.9. The lowest BCUT2D eigenvalue weighted by Gasteiger charge is -2.14. The Hall–Kier alpha value is -2.79. The predicted molar refractivity (Wildman–Crippen MR) is 103 cm³/mol. The zero-order valence-electron chi connectivity index (χ0n) is 14.3. The summed E-state index contributed by atoms with van der Waals surface area (Å²) in [6, 6.07) is 7.31. The zero-order valence-corrected chi connectivity index (χ0v) is 16.7. The number of fused-ring (bicyclic) bond motifs is 1. The van der Waals surface area contributed by atoms with Crippen molar-refractivity contribution >= 4 is 43.5 Å². The number of nitrogens with zero attached hydrogens (tertiary/aromatic N) is 5. The van der Waals surface area contributed by atoms with Crippen LogP contribution in [-0.2, 0) is 10.0 Å². The van der Waals surface area contributed by atoms with Crippen molar-refractivity contribution in [1.82, 2.24) is 13.8 Å². The van der Waals surface area contributed by atoms with Gasteiger partial charge in [-0.15, -0.1) is 0 Å². The van der Waals surface area contributed by atoms with E-state index in [9.17, 15) is 18.5 Å². The Balaban J connectivity index is 1.91. The molecule has 0 N–H and O–H groups in total. The van der Waals surface area contributed by atoms with Gasteiger partial charge in [-0.05, 0) is 40.5 Å². The third-order valence-electron chi connectivity index (χ3n) is 3.79. The molecular formula is C16H14BrN5O4S. The molecule has 0 radical (unpaired) electrons. The molecule has 3 aromatic rings. The number of rotatable bonds is 5. The van der Waals surface area contributed by atoms with Crippen LogP contribution in [0.1, 0.15) is 11.3 Å². The fourth-order valence-corrected chi connectivity index (χ4v) is 3.92. The Morgan fingerprint density at radius 2 is 2.04 bits per heavy atom. The first kappa shape index (κ1) is 19.0. The monoisotopic (exact) mass is 451 g/mol. The number of imidazole rings is 1. The number of non-ortho nitro benzene ring substituents is 1. The number of sulfonamides is 1. The molecule has 1 aromatic carbocycles. The van der Waals surface area contributed by atoms with Crippen LogP contribution in [0.5, 0.6) is 0 Å². The van der Waals surface area contributed by atoms with Crippen LogP contribution in [-0.4, -0.2) is 40.4 Å². The lowest BCUT2D eigenvalue weighted by molar-refractivity contribution is -0.385. The molecule has 2 heterocycles. The second kappa shape index (κ2) is 7.08. The molecule has 0 atom stereocenters. The molecule has 0 unspecified atom stereocenters. The van der Waals surface area contributed by atoms with Crippen molar-refractivity contribution in [3.63, 3.8) is 0 Å². The van der Waals surface area contributed by atoms with E-state index in [2.05, 4.69) is 26.0 Å². The molecule has 0 aliphatic rings. The lowest BCUT2D eigenvalue weighted by Crippen LogP contribution is -2.23. The van der Waals surface area contributed by atoms with Gasteiger partial charge in [0.15, 0.2) is 0 Å². The Bertz CT molecular complexity index is 1170. The molecule has 2 aromatic heterocycles. The van der Waals surface area contributed by atoms with Gasteiger partial charge < -0.3 is 4.40 Å². The fraction of sp³-hybridized carbons (Fsp3) is 0.125. The molecule has 0 bridgehead atoms. The molecule has 0 spiro atoms. The Labute approximate surface area is 163 Å². The summed E-state index contributed by atoms with van der Waals surface area (Å²) in [5.74, 6) is 0. The van der Waals surface area contributed by atoms with Crippen molar-refractivity contribution in [1.29, 1.82) is 0 Å². The summed E-state index contributed by atoms with van der Waals surface area (Å²) in [5.41, 5.74) is 1.23. The molecule has 140 valence electrons. The third-order valence-corrected chi connectivity index (χ3v) is 6.05. The first-order chi connectivity index (χ1) is 12.7. The maximum atomic E-state index is 12.7. The molecule has 11 heteroatoms. The van der Waals surface area contributed by atoms with E-state index in [4.69, 9.17) is 0 Å². The van der Waals surface area contributed by atoms with E-state index in [1.165, 1.54) is 25.4 Å². The molecule has 0 saturated carbocycles. The minimum Gasteiger partial charge on any atom is -0.305 e. The maximum Gasteiger partial charge on any atom is 0.279 e. The van der Waals surface area contributed by atoms with Gasteiger partial charge in [-0.2, -0.15) is 17.9 Å². The van der Waals surface area contributed by atoms with Crippen molar-refractivity contribution in [3.8, 4) is 0 Å². The minimum absolute atomic E-state index is 0.171. The van der Waals surface area contributed by atoms with Crippen LogP contribution in [0.2, 0.25) is 0 Å². The number of nitro benzene ring substituents is 1. The number of aromatic nitrogens is 2. The number of pyridine rings is 1. The van der Waals surface area contributed by atoms with Crippen molar-refractivity contribution < 1.29 is 13.3 Å². The number of hydrogen-bond acceptors (Lipinski definition) is 6. The van der Waals surface area contributed by atoms with Gasteiger partial charge in [0.05, 0.1) is 16.0 Å². The molecule has 9 nitrogen and oxygen atoms in total. The Morgan fingerprint density at radius 1 is 1.30 bits per heavy atom.